The monoisotopic (exact) mass is 318 g/mol. The number of aryl methyl sites for hydroxylation is 1. The van der Waals surface area contributed by atoms with Crippen molar-refractivity contribution in [2.75, 3.05) is 30.9 Å². The quantitative estimate of drug-likeness (QED) is 0.685. The Balaban J connectivity index is 1.73. The van der Waals surface area contributed by atoms with E-state index in [4.69, 9.17) is 15.2 Å². The zero-order chi connectivity index (χ0) is 16.2. The fourth-order valence-corrected chi connectivity index (χ4v) is 2.80. The van der Waals surface area contributed by atoms with Gasteiger partial charge in [-0.3, -0.25) is 4.99 Å². The van der Waals surface area contributed by atoms with Crippen molar-refractivity contribution in [2.45, 2.75) is 31.6 Å². The predicted octanol–water partition coefficient (Wildman–Crippen LogP) is 0.666. The molecule has 3 unspecified atom stereocenters. The van der Waals surface area contributed by atoms with Gasteiger partial charge in [0.2, 0.25) is 5.95 Å². The van der Waals surface area contributed by atoms with Gasteiger partial charge in [-0.05, 0) is 13.3 Å². The molecule has 3 heterocycles. The Kier molecular flexibility index (Phi) is 4.73. The molecule has 124 valence electrons. The number of rotatable bonds is 5. The second kappa shape index (κ2) is 6.93. The molecule has 3 rings (SSSR count). The summed E-state index contributed by atoms with van der Waals surface area (Å²) in [4.78, 5) is 12.7. The second-order valence-electron chi connectivity index (χ2n) is 5.61. The fraction of sp³-hybridized carbons (Fsp3) is 0.533. The molecule has 23 heavy (non-hydrogen) atoms. The van der Waals surface area contributed by atoms with E-state index >= 15 is 0 Å². The first-order chi connectivity index (χ1) is 11.2. The Hall–Kier alpha value is -2.19. The van der Waals surface area contributed by atoms with E-state index < -0.39 is 0 Å². The highest BCUT2D eigenvalue weighted by Gasteiger charge is 2.42. The van der Waals surface area contributed by atoms with Crippen molar-refractivity contribution in [1.29, 1.82) is 0 Å². The van der Waals surface area contributed by atoms with Gasteiger partial charge < -0.3 is 25.8 Å². The van der Waals surface area contributed by atoms with Crippen LogP contribution >= 0.6 is 0 Å². The van der Waals surface area contributed by atoms with Crippen LogP contribution < -0.4 is 16.4 Å². The van der Waals surface area contributed by atoms with E-state index in [2.05, 4.69) is 25.6 Å². The van der Waals surface area contributed by atoms with Crippen molar-refractivity contribution >= 4 is 18.0 Å². The van der Waals surface area contributed by atoms with Crippen LogP contribution in [0.3, 0.4) is 0 Å². The molecule has 4 N–H and O–H groups in total. The number of allylic oxidation sites excluding steroid dienone is 1. The molecule has 1 aromatic heterocycles. The van der Waals surface area contributed by atoms with E-state index in [0.717, 1.165) is 24.4 Å². The first-order valence-corrected chi connectivity index (χ1v) is 7.65. The fourth-order valence-electron chi connectivity index (χ4n) is 2.80. The molecule has 2 saturated heterocycles. The number of nitrogens with two attached hydrogens (primary N) is 1. The maximum atomic E-state index is 5.76. The molecule has 0 aliphatic carbocycles. The number of hydrogen-bond donors (Lipinski definition) is 3. The number of aromatic nitrogens is 2. The van der Waals surface area contributed by atoms with Crippen molar-refractivity contribution in [3.8, 4) is 0 Å². The van der Waals surface area contributed by atoms with Gasteiger partial charge in [-0.2, -0.15) is 4.98 Å². The van der Waals surface area contributed by atoms with E-state index in [1.807, 2.05) is 6.92 Å². The van der Waals surface area contributed by atoms with Crippen LogP contribution in [0.15, 0.2) is 23.1 Å². The Morgan fingerprint density at radius 1 is 1.48 bits per heavy atom. The molecule has 8 nitrogen and oxygen atoms in total. The maximum absolute atomic E-state index is 5.76. The van der Waals surface area contributed by atoms with Gasteiger partial charge in [0, 0.05) is 37.8 Å². The van der Waals surface area contributed by atoms with Crippen LogP contribution in [0.2, 0.25) is 0 Å². The number of fused-ring (bicyclic) bond motifs is 1. The Labute approximate surface area is 135 Å². The predicted molar refractivity (Wildman–Crippen MR) is 88.6 cm³/mol. The summed E-state index contributed by atoms with van der Waals surface area (Å²) in [5.74, 6) is 1.22. The van der Waals surface area contributed by atoms with E-state index in [-0.39, 0.29) is 18.2 Å². The third-order valence-corrected chi connectivity index (χ3v) is 3.96. The first-order valence-electron chi connectivity index (χ1n) is 7.65. The van der Waals surface area contributed by atoms with Crippen LogP contribution in [0.1, 0.15) is 12.0 Å². The van der Waals surface area contributed by atoms with Gasteiger partial charge >= 0.3 is 0 Å². The average molecular weight is 318 g/mol. The number of aliphatic imine (C=N–C) groups is 1. The summed E-state index contributed by atoms with van der Waals surface area (Å²) >= 11 is 0. The minimum atomic E-state index is 0.0903. The van der Waals surface area contributed by atoms with Crippen LogP contribution in [0.4, 0.5) is 11.8 Å². The van der Waals surface area contributed by atoms with Gasteiger partial charge in [0.15, 0.2) is 0 Å². The lowest BCUT2D eigenvalue weighted by Crippen LogP contribution is -2.34. The molecule has 0 spiro atoms. The van der Waals surface area contributed by atoms with Gasteiger partial charge in [0.1, 0.15) is 11.9 Å². The topological polar surface area (TPSA) is 107 Å². The molecule has 3 atom stereocenters. The van der Waals surface area contributed by atoms with E-state index in [9.17, 15) is 0 Å². The highest BCUT2D eigenvalue weighted by atomic mass is 16.6. The van der Waals surface area contributed by atoms with Crippen molar-refractivity contribution in [2.24, 2.45) is 10.7 Å². The summed E-state index contributed by atoms with van der Waals surface area (Å²) in [6, 6.07) is 0.102. The summed E-state index contributed by atoms with van der Waals surface area (Å²) in [6.07, 6.45) is 6.03. The van der Waals surface area contributed by atoms with Crippen LogP contribution in [0.25, 0.3) is 0 Å². The number of hydrogen-bond acceptors (Lipinski definition) is 8. The third kappa shape index (κ3) is 3.43. The van der Waals surface area contributed by atoms with Crippen molar-refractivity contribution in [1.82, 2.24) is 9.97 Å². The zero-order valence-electron chi connectivity index (χ0n) is 13.3. The summed E-state index contributed by atoms with van der Waals surface area (Å²) in [6.45, 7) is 3.34. The molecular weight excluding hydrogens is 296 g/mol. The van der Waals surface area contributed by atoms with Crippen molar-refractivity contribution in [3.05, 3.63) is 23.7 Å². The van der Waals surface area contributed by atoms with E-state index in [0.29, 0.717) is 18.3 Å². The SMILES string of the molecule is CN=CC(=CN)Nc1ncc(C)c(NC2COC3CCOC23)n1. The Morgan fingerprint density at radius 3 is 3.13 bits per heavy atom. The molecule has 0 aromatic carbocycles. The van der Waals surface area contributed by atoms with Crippen LogP contribution in [-0.2, 0) is 9.47 Å². The number of anilines is 2. The van der Waals surface area contributed by atoms with Gasteiger partial charge in [-0.1, -0.05) is 0 Å². The summed E-state index contributed by atoms with van der Waals surface area (Å²) in [7, 11) is 1.67. The van der Waals surface area contributed by atoms with Crippen LogP contribution in [0.5, 0.6) is 0 Å². The maximum Gasteiger partial charge on any atom is 0.229 e. The third-order valence-electron chi connectivity index (χ3n) is 3.96. The van der Waals surface area contributed by atoms with Gasteiger partial charge in [0.25, 0.3) is 0 Å². The smallest absolute Gasteiger partial charge is 0.229 e. The zero-order valence-corrected chi connectivity index (χ0v) is 13.3. The first kappa shape index (κ1) is 15.7. The van der Waals surface area contributed by atoms with Gasteiger partial charge in [-0.25, -0.2) is 4.98 Å². The average Bonchev–Trinajstić information content (AvgIpc) is 3.15. The molecule has 2 fully saturated rings. The van der Waals surface area contributed by atoms with Crippen LogP contribution in [-0.4, -0.2) is 54.7 Å². The molecule has 0 bridgehead atoms. The van der Waals surface area contributed by atoms with Crippen molar-refractivity contribution < 1.29 is 9.47 Å². The lowest BCUT2D eigenvalue weighted by atomic mass is 10.1. The van der Waals surface area contributed by atoms with E-state index in [1.165, 1.54) is 6.20 Å². The summed E-state index contributed by atoms with van der Waals surface area (Å²) in [5, 5.41) is 6.45. The molecular formula is C15H22N6O2. The molecule has 0 amide bonds. The molecule has 2 aliphatic heterocycles. The van der Waals surface area contributed by atoms with Gasteiger partial charge in [-0.15, -0.1) is 0 Å². The van der Waals surface area contributed by atoms with Crippen LogP contribution in [0, 0.1) is 6.92 Å². The van der Waals surface area contributed by atoms with E-state index in [1.54, 1.807) is 19.5 Å². The normalized spacial score (nSPS) is 27.4. The molecule has 1 aromatic rings. The second-order valence-corrected chi connectivity index (χ2v) is 5.61. The highest BCUT2D eigenvalue weighted by Crippen LogP contribution is 2.29. The summed E-state index contributed by atoms with van der Waals surface area (Å²) in [5.41, 5.74) is 7.13. The van der Waals surface area contributed by atoms with Crippen molar-refractivity contribution in [3.63, 3.8) is 0 Å². The molecule has 8 heteroatoms. The number of ether oxygens (including phenoxy) is 2. The van der Waals surface area contributed by atoms with Gasteiger partial charge in [0.05, 0.1) is 24.4 Å². The minimum Gasteiger partial charge on any atom is -0.403 e. The number of nitrogens with one attached hydrogen (secondary N) is 2. The summed E-state index contributed by atoms with van der Waals surface area (Å²) < 4.78 is 11.5. The molecule has 0 saturated carbocycles. The lowest BCUT2D eigenvalue weighted by molar-refractivity contribution is 0.0718. The molecule has 0 radical (unpaired) electrons. The number of nitrogens with zero attached hydrogens (tertiary/aromatic N) is 3. The largest absolute Gasteiger partial charge is 0.403 e. The lowest BCUT2D eigenvalue weighted by Gasteiger charge is -2.19. The highest BCUT2D eigenvalue weighted by molar-refractivity contribution is 5.81. The standard InChI is InChI=1S/C15H22N6O2/c1-9-6-18-15(19-10(5-16)7-17-2)21-14(9)20-11-8-23-12-3-4-22-13(11)12/h5-7,11-13H,3-4,8,16H2,1-2H3,(H2,18,19,20,21). The Bertz CT molecular complexity index is 618. The Morgan fingerprint density at radius 2 is 2.35 bits per heavy atom. The molecule has 2 aliphatic rings. The minimum absolute atomic E-state index is 0.0903.